The number of hydrogen-bond acceptors (Lipinski definition) is 4. The highest BCUT2D eigenvalue weighted by atomic mass is 35.5. The first-order valence-electron chi connectivity index (χ1n) is 8.86. The maximum absolute atomic E-state index is 12.9. The number of aryl methyl sites for hydroxylation is 1. The van der Waals surface area contributed by atoms with Gasteiger partial charge in [-0.3, -0.25) is 9.59 Å². The Labute approximate surface area is 171 Å². The maximum atomic E-state index is 12.9. The SMILES string of the molecule is Cc1nc2cc(NC(=O)C3CCCN3C(=O)c3cc(Cl)cc(Cl)c3)ccc2o1. The fourth-order valence-corrected chi connectivity index (χ4v) is 4.00. The predicted molar refractivity (Wildman–Crippen MR) is 108 cm³/mol. The van der Waals surface area contributed by atoms with Crippen LogP contribution >= 0.6 is 23.2 Å². The Hall–Kier alpha value is -2.57. The van der Waals surface area contributed by atoms with Crippen molar-refractivity contribution in [2.75, 3.05) is 11.9 Å². The van der Waals surface area contributed by atoms with Crippen LogP contribution in [0, 0.1) is 6.92 Å². The molecule has 144 valence electrons. The minimum absolute atomic E-state index is 0.237. The summed E-state index contributed by atoms with van der Waals surface area (Å²) in [6, 6.07) is 9.39. The Kier molecular flexibility index (Phi) is 5.00. The van der Waals surface area contributed by atoms with Crippen LogP contribution in [0.1, 0.15) is 29.1 Å². The maximum Gasteiger partial charge on any atom is 0.254 e. The Morgan fingerprint density at radius 1 is 1.18 bits per heavy atom. The molecule has 28 heavy (non-hydrogen) atoms. The van der Waals surface area contributed by atoms with Crippen LogP contribution in [0.15, 0.2) is 40.8 Å². The molecule has 4 rings (SSSR count). The molecule has 1 fully saturated rings. The second kappa shape index (κ2) is 7.45. The number of anilines is 1. The zero-order valence-electron chi connectivity index (χ0n) is 15.0. The molecule has 0 saturated carbocycles. The Balaban J connectivity index is 1.53. The van der Waals surface area contributed by atoms with Crippen LogP contribution in [0.2, 0.25) is 10.0 Å². The highest BCUT2D eigenvalue weighted by Crippen LogP contribution is 2.26. The molecule has 8 heteroatoms. The number of rotatable bonds is 3. The number of likely N-dealkylation sites (tertiary alicyclic amines) is 1. The zero-order chi connectivity index (χ0) is 19.8. The number of oxazole rings is 1. The van der Waals surface area contributed by atoms with E-state index in [1.54, 1.807) is 48.2 Å². The summed E-state index contributed by atoms with van der Waals surface area (Å²) in [5.74, 6) is 0.0643. The Bertz CT molecular complexity index is 1060. The summed E-state index contributed by atoms with van der Waals surface area (Å²) in [5, 5.41) is 3.64. The average Bonchev–Trinajstić information content (AvgIpc) is 3.25. The third kappa shape index (κ3) is 3.70. The van der Waals surface area contributed by atoms with E-state index in [0.29, 0.717) is 51.3 Å². The quantitative estimate of drug-likeness (QED) is 0.670. The highest BCUT2D eigenvalue weighted by molar-refractivity contribution is 6.35. The van der Waals surface area contributed by atoms with Crippen LogP contribution < -0.4 is 5.32 Å². The number of carbonyl (C=O) groups excluding carboxylic acids is 2. The Morgan fingerprint density at radius 3 is 2.68 bits per heavy atom. The van der Waals surface area contributed by atoms with Crippen molar-refractivity contribution in [1.82, 2.24) is 9.88 Å². The van der Waals surface area contributed by atoms with Gasteiger partial charge in [0.2, 0.25) is 5.91 Å². The van der Waals surface area contributed by atoms with Crippen LogP contribution in [0.3, 0.4) is 0 Å². The zero-order valence-corrected chi connectivity index (χ0v) is 16.5. The van der Waals surface area contributed by atoms with Gasteiger partial charge in [-0.1, -0.05) is 23.2 Å². The summed E-state index contributed by atoms with van der Waals surface area (Å²) in [6.07, 6.45) is 1.34. The number of aromatic nitrogens is 1. The van der Waals surface area contributed by atoms with Gasteiger partial charge in [-0.25, -0.2) is 4.98 Å². The molecule has 0 radical (unpaired) electrons. The van der Waals surface area contributed by atoms with Crippen LogP contribution in [-0.4, -0.2) is 34.3 Å². The van der Waals surface area contributed by atoms with Crippen molar-refractivity contribution in [2.45, 2.75) is 25.8 Å². The lowest BCUT2D eigenvalue weighted by molar-refractivity contribution is -0.119. The Morgan fingerprint density at radius 2 is 1.93 bits per heavy atom. The number of halogens is 2. The topological polar surface area (TPSA) is 75.4 Å². The molecule has 2 amide bonds. The van der Waals surface area contributed by atoms with E-state index in [2.05, 4.69) is 10.3 Å². The predicted octanol–water partition coefficient (Wildman–Crippen LogP) is 4.69. The number of amides is 2. The van der Waals surface area contributed by atoms with Crippen LogP contribution in [0.5, 0.6) is 0 Å². The van der Waals surface area contributed by atoms with Crippen molar-refractivity contribution in [2.24, 2.45) is 0 Å². The molecule has 3 aromatic rings. The molecular formula is C20H17Cl2N3O3. The number of fused-ring (bicyclic) bond motifs is 1. The third-order valence-electron chi connectivity index (χ3n) is 4.69. The van der Waals surface area contributed by atoms with E-state index in [4.69, 9.17) is 27.6 Å². The largest absolute Gasteiger partial charge is 0.441 e. The van der Waals surface area contributed by atoms with Crippen LogP contribution in [0.4, 0.5) is 5.69 Å². The lowest BCUT2D eigenvalue weighted by atomic mass is 10.1. The lowest BCUT2D eigenvalue weighted by Gasteiger charge is -2.24. The molecule has 2 aromatic carbocycles. The average molecular weight is 418 g/mol. The van der Waals surface area contributed by atoms with E-state index >= 15 is 0 Å². The van der Waals surface area contributed by atoms with Gasteiger partial charge in [-0.2, -0.15) is 0 Å². The van der Waals surface area contributed by atoms with Crippen molar-refractivity contribution >= 4 is 51.8 Å². The van der Waals surface area contributed by atoms with Crippen molar-refractivity contribution < 1.29 is 14.0 Å². The fourth-order valence-electron chi connectivity index (χ4n) is 3.47. The monoisotopic (exact) mass is 417 g/mol. The van der Waals surface area contributed by atoms with E-state index in [0.717, 1.165) is 6.42 Å². The minimum Gasteiger partial charge on any atom is -0.441 e. The molecule has 1 aromatic heterocycles. The molecule has 2 heterocycles. The third-order valence-corrected chi connectivity index (χ3v) is 5.12. The summed E-state index contributed by atoms with van der Waals surface area (Å²) in [4.78, 5) is 31.6. The lowest BCUT2D eigenvalue weighted by Crippen LogP contribution is -2.43. The van der Waals surface area contributed by atoms with Gasteiger partial charge in [0.15, 0.2) is 11.5 Å². The van der Waals surface area contributed by atoms with E-state index in [9.17, 15) is 9.59 Å². The smallest absolute Gasteiger partial charge is 0.254 e. The first-order valence-corrected chi connectivity index (χ1v) is 9.61. The van der Waals surface area contributed by atoms with E-state index < -0.39 is 6.04 Å². The van der Waals surface area contributed by atoms with Crippen molar-refractivity contribution in [3.05, 3.63) is 57.9 Å². The van der Waals surface area contributed by atoms with Crippen molar-refractivity contribution in [1.29, 1.82) is 0 Å². The highest BCUT2D eigenvalue weighted by Gasteiger charge is 2.34. The number of nitrogens with zero attached hydrogens (tertiary/aromatic N) is 2. The van der Waals surface area contributed by atoms with Gasteiger partial charge in [-0.15, -0.1) is 0 Å². The molecule has 1 saturated heterocycles. The van der Waals surface area contributed by atoms with Crippen LogP contribution in [-0.2, 0) is 4.79 Å². The molecule has 0 spiro atoms. The second-order valence-corrected chi connectivity index (χ2v) is 7.59. The van der Waals surface area contributed by atoms with Gasteiger partial charge in [0.05, 0.1) is 0 Å². The van der Waals surface area contributed by atoms with Crippen molar-refractivity contribution in [3.63, 3.8) is 0 Å². The molecule has 0 aliphatic carbocycles. The number of hydrogen-bond donors (Lipinski definition) is 1. The molecule has 1 N–H and O–H groups in total. The normalized spacial score (nSPS) is 16.5. The molecule has 1 aliphatic rings. The number of nitrogens with one attached hydrogen (secondary N) is 1. The first kappa shape index (κ1) is 18.8. The van der Waals surface area contributed by atoms with Gasteiger partial charge >= 0.3 is 0 Å². The van der Waals surface area contributed by atoms with Gasteiger partial charge in [0.25, 0.3) is 5.91 Å². The fraction of sp³-hybridized carbons (Fsp3) is 0.250. The summed E-state index contributed by atoms with van der Waals surface area (Å²) in [7, 11) is 0. The van der Waals surface area contributed by atoms with E-state index in [1.165, 1.54) is 0 Å². The van der Waals surface area contributed by atoms with Crippen LogP contribution in [0.25, 0.3) is 11.1 Å². The number of benzene rings is 2. The summed E-state index contributed by atoms with van der Waals surface area (Å²) in [5.41, 5.74) is 2.31. The first-order chi connectivity index (χ1) is 13.4. The van der Waals surface area contributed by atoms with E-state index in [1.807, 2.05) is 0 Å². The molecular weight excluding hydrogens is 401 g/mol. The standard InChI is InChI=1S/C20H17Cl2N3O3/c1-11-23-16-10-15(4-5-18(16)28-11)24-19(26)17-3-2-6-25(17)20(27)12-7-13(21)9-14(22)8-12/h4-5,7-10,17H,2-3,6H2,1H3,(H,24,26). The molecule has 6 nitrogen and oxygen atoms in total. The minimum atomic E-state index is -0.556. The van der Waals surface area contributed by atoms with Crippen molar-refractivity contribution in [3.8, 4) is 0 Å². The van der Waals surface area contributed by atoms with Gasteiger partial charge in [0.1, 0.15) is 11.6 Å². The van der Waals surface area contributed by atoms with Gasteiger partial charge < -0.3 is 14.6 Å². The van der Waals surface area contributed by atoms with Gasteiger partial charge in [0, 0.05) is 34.8 Å². The summed E-state index contributed by atoms with van der Waals surface area (Å²) < 4.78 is 5.45. The molecule has 1 aliphatic heterocycles. The number of carbonyl (C=O) groups is 2. The molecule has 1 unspecified atom stereocenters. The molecule has 0 bridgehead atoms. The summed E-state index contributed by atoms with van der Waals surface area (Å²) in [6.45, 7) is 2.27. The van der Waals surface area contributed by atoms with E-state index in [-0.39, 0.29) is 11.8 Å². The van der Waals surface area contributed by atoms with Gasteiger partial charge in [-0.05, 0) is 49.2 Å². The second-order valence-electron chi connectivity index (χ2n) is 6.72. The summed E-state index contributed by atoms with van der Waals surface area (Å²) >= 11 is 12.0. The molecule has 1 atom stereocenters.